The van der Waals surface area contributed by atoms with Crippen molar-refractivity contribution in [3.05, 3.63) is 58.6 Å². The average Bonchev–Trinajstić information content (AvgIpc) is 2.53. The molecule has 1 saturated heterocycles. The highest BCUT2D eigenvalue weighted by atomic mass is 79.9. The Hall–Kier alpha value is -1.36. The van der Waals surface area contributed by atoms with Crippen molar-refractivity contribution >= 4 is 15.9 Å². The number of benzene rings is 2. The topological polar surface area (TPSA) is 38.5 Å². The van der Waals surface area contributed by atoms with E-state index in [4.69, 9.17) is 10.5 Å². The molecule has 1 aliphatic rings. The summed E-state index contributed by atoms with van der Waals surface area (Å²) in [5.41, 5.74) is 7.20. The maximum Gasteiger partial charge on any atom is 0.133 e. The van der Waals surface area contributed by atoms with Crippen molar-refractivity contribution in [2.45, 2.75) is 25.4 Å². The second kappa shape index (κ2) is 7.27. The first-order valence-corrected chi connectivity index (χ1v) is 8.49. The summed E-state index contributed by atoms with van der Waals surface area (Å²) in [6.45, 7) is 3.02. The average molecular weight is 361 g/mol. The first kappa shape index (κ1) is 15.5. The van der Waals surface area contributed by atoms with Gasteiger partial charge in [-0.3, -0.25) is 4.90 Å². The lowest BCUT2D eigenvalue weighted by atomic mass is 10.1. The van der Waals surface area contributed by atoms with Gasteiger partial charge in [0.25, 0.3) is 0 Å². The van der Waals surface area contributed by atoms with Crippen molar-refractivity contribution in [3.63, 3.8) is 0 Å². The van der Waals surface area contributed by atoms with E-state index in [2.05, 4.69) is 33.0 Å². The van der Waals surface area contributed by atoms with Gasteiger partial charge in [0.05, 0.1) is 0 Å². The van der Waals surface area contributed by atoms with Gasteiger partial charge in [-0.25, -0.2) is 0 Å². The molecular formula is C18H21BrN2O. The van der Waals surface area contributed by atoms with Crippen LogP contribution >= 0.6 is 15.9 Å². The molecule has 2 N–H and O–H groups in total. The van der Waals surface area contributed by atoms with Crippen molar-refractivity contribution in [3.8, 4) is 11.5 Å². The molecule has 4 heteroatoms. The number of rotatable bonds is 4. The molecule has 1 fully saturated rings. The van der Waals surface area contributed by atoms with Crippen LogP contribution in [-0.4, -0.2) is 24.0 Å². The maximum absolute atomic E-state index is 6.07. The molecule has 0 aromatic heterocycles. The molecule has 116 valence electrons. The van der Waals surface area contributed by atoms with Crippen LogP contribution in [0.25, 0.3) is 0 Å². The third-order valence-electron chi connectivity index (χ3n) is 4.03. The summed E-state index contributed by atoms with van der Waals surface area (Å²) in [5.74, 6) is 1.78. The fraction of sp³-hybridized carbons (Fsp3) is 0.333. The first-order valence-electron chi connectivity index (χ1n) is 7.70. The largest absolute Gasteiger partial charge is 0.457 e. The number of hydrogen-bond donors (Lipinski definition) is 1. The van der Waals surface area contributed by atoms with Crippen LogP contribution in [0.5, 0.6) is 11.5 Å². The smallest absolute Gasteiger partial charge is 0.133 e. The summed E-state index contributed by atoms with van der Waals surface area (Å²) in [5, 5.41) is 0. The third-order valence-corrected chi connectivity index (χ3v) is 4.52. The van der Waals surface area contributed by atoms with Gasteiger partial charge >= 0.3 is 0 Å². The minimum Gasteiger partial charge on any atom is -0.457 e. The number of hydrogen-bond acceptors (Lipinski definition) is 3. The number of nitrogens with zero attached hydrogens (tertiary/aromatic N) is 1. The summed E-state index contributed by atoms with van der Waals surface area (Å²) in [6.07, 6.45) is 2.15. The van der Waals surface area contributed by atoms with Crippen LogP contribution in [0.2, 0.25) is 0 Å². The third kappa shape index (κ3) is 4.09. The summed E-state index contributed by atoms with van der Waals surface area (Å²) >= 11 is 3.53. The van der Waals surface area contributed by atoms with E-state index in [0.717, 1.165) is 48.4 Å². The molecule has 0 aliphatic carbocycles. The lowest BCUT2D eigenvalue weighted by molar-refractivity contribution is 0.204. The predicted octanol–water partition coefficient (Wildman–Crippen LogP) is 4.16. The van der Waals surface area contributed by atoms with Crippen molar-refractivity contribution in [1.29, 1.82) is 0 Å². The van der Waals surface area contributed by atoms with Gasteiger partial charge in [0.1, 0.15) is 11.5 Å². The Bertz CT molecular complexity index is 610. The summed E-state index contributed by atoms with van der Waals surface area (Å²) in [4.78, 5) is 2.45. The molecular weight excluding hydrogens is 340 g/mol. The van der Waals surface area contributed by atoms with Crippen molar-refractivity contribution in [2.75, 3.05) is 13.1 Å². The molecule has 2 aromatic carbocycles. The molecule has 3 rings (SSSR count). The second-order valence-electron chi connectivity index (χ2n) is 5.78. The summed E-state index contributed by atoms with van der Waals surface area (Å²) in [7, 11) is 0. The van der Waals surface area contributed by atoms with Gasteiger partial charge in [0.2, 0.25) is 0 Å². The number of piperidine rings is 1. The molecule has 0 atom stereocenters. The number of likely N-dealkylation sites (tertiary alicyclic amines) is 1. The zero-order valence-electron chi connectivity index (χ0n) is 12.5. The van der Waals surface area contributed by atoms with E-state index in [1.54, 1.807) is 0 Å². The lowest BCUT2D eigenvalue weighted by Gasteiger charge is -2.30. The van der Waals surface area contributed by atoms with Gasteiger partial charge < -0.3 is 10.5 Å². The van der Waals surface area contributed by atoms with E-state index >= 15 is 0 Å². The molecule has 0 spiro atoms. The van der Waals surface area contributed by atoms with Gasteiger partial charge in [-0.2, -0.15) is 0 Å². The van der Waals surface area contributed by atoms with E-state index in [1.165, 1.54) is 5.56 Å². The lowest BCUT2D eigenvalue weighted by Crippen LogP contribution is -2.39. The Morgan fingerprint density at radius 1 is 1.09 bits per heavy atom. The number of nitrogens with two attached hydrogens (primary N) is 1. The summed E-state index contributed by atoms with van der Waals surface area (Å²) < 4.78 is 7.10. The molecule has 3 nitrogen and oxygen atoms in total. The molecule has 2 aromatic rings. The number of ether oxygens (including phenoxy) is 1. The molecule has 1 heterocycles. The molecule has 1 aliphatic heterocycles. The van der Waals surface area contributed by atoms with Crippen LogP contribution in [-0.2, 0) is 6.54 Å². The first-order chi connectivity index (χ1) is 10.7. The standard InChI is InChI=1S/C18H21BrN2O/c19-15-7-6-14(13-21-10-8-16(20)9-11-21)18(12-15)22-17-4-2-1-3-5-17/h1-7,12,16H,8-11,13,20H2. The fourth-order valence-corrected chi connectivity index (χ4v) is 3.06. The van der Waals surface area contributed by atoms with Crippen LogP contribution in [0.15, 0.2) is 53.0 Å². The Kier molecular flexibility index (Phi) is 5.13. The van der Waals surface area contributed by atoms with Crippen LogP contribution < -0.4 is 10.5 Å². The fourth-order valence-electron chi connectivity index (χ4n) is 2.72. The van der Waals surface area contributed by atoms with Gasteiger partial charge in [0.15, 0.2) is 0 Å². The van der Waals surface area contributed by atoms with Crippen molar-refractivity contribution < 1.29 is 4.74 Å². The Morgan fingerprint density at radius 3 is 2.55 bits per heavy atom. The molecule has 0 amide bonds. The molecule has 0 bridgehead atoms. The number of halogens is 1. The van der Waals surface area contributed by atoms with E-state index < -0.39 is 0 Å². The Labute approximate surface area is 140 Å². The quantitative estimate of drug-likeness (QED) is 0.889. The molecule has 0 radical (unpaired) electrons. The maximum atomic E-state index is 6.07. The SMILES string of the molecule is NC1CCN(Cc2ccc(Br)cc2Oc2ccccc2)CC1. The molecule has 0 saturated carbocycles. The monoisotopic (exact) mass is 360 g/mol. The van der Waals surface area contributed by atoms with E-state index in [0.29, 0.717) is 6.04 Å². The van der Waals surface area contributed by atoms with Crippen LogP contribution in [0.4, 0.5) is 0 Å². The Balaban J connectivity index is 1.76. The van der Waals surface area contributed by atoms with Crippen LogP contribution in [0, 0.1) is 0 Å². The zero-order valence-corrected chi connectivity index (χ0v) is 14.1. The highest BCUT2D eigenvalue weighted by Crippen LogP contribution is 2.30. The second-order valence-corrected chi connectivity index (χ2v) is 6.70. The van der Waals surface area contributed by atoms with Gasteiger partial charge in [-0.1, -0.05) is 40.2 Å². The minimum atomic E-state index is 0.362. The van der Waals surface area contributed by atoms with E-state index in [-0.39, 0.29) is 0 Å². The van der Waals surface area contributed by atoms with Crippen LogP contribution in [0.1, 0.15) is 18.4 Å². The van der Waals surface area contributed by atoms with Gasteiger partial charge in [-0.15, -0.1) is 0 Å². The van der Waals surface area contributed by atoms with Crippen molar-refractivity contribution in [2.24, 2.45) is 5.73 Å². The van der Waals surface area contributed by atoms with E-state index in [9.17, 15) is 0 Å². The predicted molar refractivity (Wildman–Crippen MR) is 93.1 cm³/mol. The Morgan fingerprint density at radius 2 is 1.82 bits per heavy atom. The zero-order chi connectivity index (χ0) is 15.4. The highest BCUT2D eigenvalue weighted by Gasteiger charge is 2.17. The van der Waals surface area contributed by atoms with Crippen LogP contribution in [0.3, 0.4) is 0 Å². The van der Waals surface area contributed by atoms with Crippen molar-refractivity contribution in [1.82, 2.24) is 4.90 Å². The van der Waals surface area contributed by atoms with Gasteiger partial charge in [0, 0.05) is 22.6 Å². The molecule has 22 heavy (non-hydrogen) atoms. The molecule has 0 unspecified atom stereocenters. The van der Waals surface area contributed by atoms with E-state index in [1.807, 2.05) is 36.4 Å². The minimum absolute atomic E-state index is 0.362. The highest BCUT2D eigenvalue weighted by molar-refractivity contribution is 9.10. The normalized spacial score (nSPS) is 16.6. The number of para-hydroxylation sites is 1. The van der Waals surface area contributed by atoms with Gasteiger partial charge in [-0.05, 0) is 50.2 Å². The summed E-state index contributed by atoms with van der Waals surface area (Å²) in [6, 6.07) is 16.5.